The molecule has 2 aromatic rings. The molecule has 2 N–H and O–H groups in total. The molecular weight excluding hydrogens is 361 g/mol. The quantitative estimate of drug-likeness (QED) is 0.842. The molecule has 0 radical (unpaired) electrons. The summed E-state index contributed by atoms with van der Waals surface area (Å²) < 4.78 is 33.6. The van der Waals surface area contributed by atoms with Gasteiger partial charge in [0, 0.05) is 11.1 Å². The Bertz CT molecular complexity index is 913. The van der Waals surface area contributed by atoms with Crippen LogP contribution in [0.3, 0.4) is 0 Å². The van der Waals surface area contributed by atoms with Crippen LogP contribution in [-0.2, 0) is 10.0 Å². The molecule has 0 unspecified atom stereocenters. The molecule has 1 aliphatic rings. The number of nitrogens with zero attached hydrogens (tertiary/aromatic N) is 1. The van der Waals surface area contributed by atoms with Gasteiger partial charge in [-0.1, -0.05) is 35.3 Å². The zero-order valence-electron chi connectivity index (χ0n) is 11.8. The number of para-hydroxylation sites is 1. The first-order valence-electron chi connectivity index (χ1n) is 6.42. The van der Waals surface area contributed by atoms with Crippen molar-refractivity contribution in [3.8, 4) is 5.75 Å². The number of nitrogens with one attached hydrogen (secondary N) is 2. The molecule has 120 valence electrons. The van der Waals surface area contributed by atoms with Crippen LogP contribution in [0.1, 0.15) is 0 Å². The zero-order valence-corrected chi connectivity index (χ0v) is 14.1. The lowest BCUT2D eigenvalue weighted by Crippen LogP contribution is -2.28. The number of fused-ring (bicyclic) bond motifs is 1. The molecule has 0 spiro atoms. The van der Waals surface area contributed by atoms with E-state index < -0.39 is 10.0 Å². The van der Waals surface area contributed by atoms with E-state index in [1.54, 1.807) is 24.3 Å². The molecule has 0 bridgehead atoms. The smallest absolute Gasteiger partial charge is 0.287 e. The number of guanidine groups is 1. The Kier molecular flexibility index (Phi) is 4.09. The lowest BCUT2D eigenvalue weighted by atomic mass is 10.3. The first-order chi connectivity index (χ1) is 10.9. The Morgan fingerprint density at radius 3 is 2.65 bits per heavy atom. The lowest BCUT2D eigenvalue weighted by molar-refractivity contribution is 0.415. The van der Waals surface area contributed by atoms with Gasteiger partial charge in [-0.25, -0.2) is 0 Å². The molecule has 3 rings (SSSR count). The van der Waals surface area contributed by atoms with E-state index in [9.17, 15) is 8.42 Å². The van der Waals surface area contributed by atoms with E-state index in [1.807, 2.05) is 0 Å². The first-order valence-corrected chi connectivity index (χ1v) is 8.61. The maximum atomic E-state index is 12.4. The molecule has 0 atom stereocenters. The van der Waals surface area contributed by atoms with Gasteiger partial charge in [-0.15, -0.1) is 4.40 Å². The Morgan fingerprint density at radius 2 is 1.96 bits per heavy atom. The molecule has 1 heterocycles. The second kappa shape index (κ2) is 5.92. The van der Waals surface area contributed by atoms with Crippen LogP contribution in [0.25, 0.3) is 0 Å². The Balaban J connectivity index is 2.05. The summed E-state index contributed by atoms with van der Waals surface area (Å²) >= 11 is 12.0. The van der Waals surface area contributed by atoms with Gasteiger partial charge in [-0.3, -0.25) is 0 Å². The third-order valence-corrected chi connectivity index (χ3v) is 4.96. The van der Waals surface area contributed by atoms with Crippen molar-refractivity contribution in [2.75, 3.05) is 17.7 Å². The number of sulfonamides is 1. The van der Waals surface area contributed by atoms with Crippen molar-refractivity contribution >= 4 is 50.6 Å². The fraction of sp³-hybridized carbons (Fsp3) is 0.0714. The Labute approximate surface area is 143 Å². The Hall–Kier alpha value is -1.96. The minimum absolute atomic E-state index is 0.0197. The third-order valence-electron chi connectivity index (χ3n) is 3.11. The van der Waals surface area contributed by atoms with E-state index in [4.69, 9.17) is 27.9 Å². The van der Waals surface area contributed by atoms with Crippen molar-refractivity contribution in [3.05, 3.63) is 46.4 Å². The van der Waals surface area contributed by atoms with Crippen LogP contribution in [0.4, 0.5) is 11.4 Å². The molecule has 0 amide bonds. The van der Waals surface area contributed by atoms with Crippen LogP contribution >= 0.6 is 23.2 Å². The van der Waals surface area contributed by atoms with Crippen LogP contribution < -0.4 is 15.4 Å². The number of halogens is 2. The second-order valence-corrected chi connectivity index (χ2v) is 7.04. The normalized spacial score (nSPS) is 15.2. The van der Waals surface area contributed by atoms with Crippen LogP contribution in [0, 0.1) is 0 Å². The van der Waals surface area contributed by atoms with Gasteiger partial charge in [0.1, 0.15) is 16.3 Å². The molecule has 9 heteroatoms. The molecule has 0 saturated carbocycles. The predicted molar refractivity (Wildman–Crippen MR) is 91.3 cm³/mol. The maximum Gasteiger partial charge on any atom is 0.287 e. The maximum absolute atomic E-state index is 12.4. The monoisotopic (exact) mass is 371 g/mol. The minimum Gasteiger partial charge on any atom is -0.494 e. The number of rotatable bonds is 2. The lowest BCUT2D eigenvalue weighted by Gasteiger charge is -2.21. The summed E-state index contributed by atoms with van der Waals surface area (Å²) in [6.07, 6.45) is 0. The van der Waals surface area contributed by atoms with Gasteiger partial charge in [0.2, 0.25) is 5.96 Å². The molecule has 2 aromatic carbocycles. The van der Waals surface area contributed by atoms with Crippen molar-refractivity contribution in [2.24, 2.45) is 4.40 Å². The average molecular weight is 372 g/mol. The summed E-state index contributed by atoms with van der Waals surface area (Å²) in [6.45, 7) is 0. The molecule has 0 aliphatic carbocycles. The molecule has 0 saturated heterocycles. The first kappa shape index (κ1) is 15.9. The van der Waals surface area contributed by atoms with Crippen molar-refractivity contribution < 1.29 is 13.2 Å². The summed E-state index contributed by atoms with van der Waals surface area (Å²) in [5, 5.41) is 6.42. The van der Waals surface area contributed by atoms with E-state index >= 15 is 0 Å². The summed E-state index contributed by atoms with van der Waals surface area (Å²) in [5.74, 6) is 0.315. The number of hydrogen-bond donors (Lipinski definition) is 2. The fourth-order valence-corrected chi connectivity index (χ4v) is 3.67. The molecule has 0 fully saturated rings. The van der Waals surface area contributed by atoms with Crippen LogP contribution in [0.2, 0.25) is 10.0 Å². The molecule has 6 nitrogen and oxygen atoms in total. The van der Waals surface area contributed by atoms with Crippen LogP contribution in [0.5, 0.6) is 5.75 Å². The highest BCUT2D eigenvalue weighted by molar-refractivity contribution is 7.90. The largest absolute Gasteiger partial charge is 0.494 e. The summed E-state index contributed by atoms with van der Waals surface area (Å²) in [6, 6.07) is 9.74. The summed E-state index contributed by atoms with van der Waals surface area (Å²) in [7, 11) is -2.50. The standard InChI is InChI=1S/C14H11Cl2N3O3S/c1-22-11-6-8(15)7-12-13(11)18-14(19-23(12,20)21)17-10-5-3-2-4-9(10)16/h2-7H,1H3,(H2,17,18,19). The molecule has 1 aliphatic heterocycles. The number of anilines is 2. The predicted octanol–water partition coefficient (Wildman–Crippen LogP) is 3.58. The highest BCUT2D eigenvalue weighted by Crippen LogP contribution is 2.38. The zero-order chi connectivity index (χ0) is 16.6. The number of benzene rings is 2. The van der Waals surface area contributed by atoms with Crippen LogP contribution in [0.15, 0.2) is 45.7 Å². The highest BCUT2D eigenvalue weighted by atomic mass is 35.5. The van der Waals surface area contributed by atoms with E-state index in [-0.39, 0.29) is 21.6 Å². The van der Waals surface area contributed by atoms with Crippen molar-refractivity contribution in [1.29, 1.82) is 0 Å². The Morgan fingerprint density at radius 1 is 1.22 bits per heavy atom. The van der Waals surface area contributed by atoms with Gasteiger partial charge >= 0.3 is 0 Å². The van der Waals surface area contributed by atoms with Crippen molar-refractivity contribution in [1.82, 2.24) is 0 Å². The van der Waals surface area contributed by atoms with E-state index in [1.165, 1.54) is 19.2 Å². The molecule has 23 heavy (non-hydrogen) atoms. The summed E-state index contributed by atoms with van der Waals surface area (Å²) in [5.41, 5.74) is 0.786. The summed E-state index contributed by atoms with van der Waals surface area (Å²) in [4.78, 5) is -0.0495. The molecule has 0 aromatic heterocycles. The van der Waals surface area contributed by atoms with Gasteiger partial charge < -0.3 is 15.4 Å². The van der Waals surface area contributed by atoms with Crippen molar-refractivity contribution in [2.45, 2.75) is 4.90 Å². The molecular formula is C14H11Cl2N3O3S. The average Bonchev–Trinajstić information content (AvgIpc) is 2.49. The topological polar surface area (TPSA) is 79.8 Å². The van der Waals surface area contributed by atoms with Gasteiger partial charge in [-0.05, 0) is 18.2 Å². The van der Waals surface area contributed by atoms with Gasteiger partial charge in [0.05, 0.1) is 17.8 Å². The van der Waals surface area contributed by atoms with E-state index in [0.717, 1.165) is 0 Å². The van der Waals surface area contributed by atoms with Crippen molar-refractivity contribution in [3.63, 3.8) is 0 Å². The van der Waals surface area contributed by atoms with Gasteiger partial charge in [0.15, 0.2) is 0 Å². The SMILES string of the molecule is COc1cc(Cl)cc2c1NC(Nc1ccccc1Cl)=NS2(=O)=O. The van der Waals surface area contributed by atoms with E-state index in [0.29, 0.717) is 16.5 Å². The van der Waals surface area contributed by atoms with Crippen LogP contribution in [-0.4, -0.2) is 21.5 Å². The highest BCUT2D eigenvalue weighted by Gasteiger charge is 2.28. The number of ether oxygens (including phenoxy) is 1. The second-order valence-electron chi connectivity index (χ2n) is 4.63. The van der Waals surface area contributed by atoms with E-state index in [2.05, 4.69) is 15.0 Å². The number of hydrogen-bond acceptors (Lipinski definition) is 5. The fourth-order valence-electron chi connectivity index (χ4n) is 2.10. The van der Waals surface area contributed by atoms with Gasteiger partial charge in [-0.2, -0.15) is 8.42 Å². The minimum atomic E-state index is -3.92. The third kappa shape index (κ3) is 3.08. The van der Waals surface area contributed by atoms with Gasteiger partial charge in [0.25, 0.3) is 10.0 Å². The number of methoxy groups -OCH3 is 1.